The summed E-state index contributed by atoms with van der Waals surface area (Å²) < 4.78 is 0. The van der Waals surface area contributed by atoms with E-state index in [1.165, 1.54) is 0 Å². The summed E-state index contributed by atoms with van der Waals surface area (Å²) >= 11 is 4.40. The van der Waals surface area contributed by atoms with Crippen LogP contribution in [0.3, 0.4) is 0 Å². The van der Waals surface area contributed by atoms with Crippen molar-refractivity contribution >= 4 is 36.0 Å². The molecular formula is C26H36N4O3S. The van der Waals surface area contributed by atoms with Crippen LogP contribution in [0.5, 0.6) is 0 Å². The number of anilines is 1. The van der Waals surface area contributed by atoms with Gasteiger partial charge in [0.05, 0.1) is 17.1 Å². The first-order valence-corrected chi connectivity index (χ1v) is 12.3. The van der Waals surface area contributed by atoms with Crippen molar-refractivity contribution in [2.24, 2.45) is 5.92 Å². The first kappa shape index (κ1) is 27.4. The van der Waals surface area contributed by atoms with Crippen molar-refractivity contribution in [3.8, 4) is 0 Å². The number of pyridine rings is 1. The molecule has 1 heterocycles. The number of hydrogen-bond acceptors (Lipinski definition) is 5. The van der Waals surface area contributed by atoms with Gasteiger partial charge in [-0.1, -0.05) is 63.9 Å². The number of carbonyl (C=O) groups excluding carboxylic acids is 3. The van der Waals surface area contributed by atoms with Crippen molar-refractivity contribution < 1.29 is 14.4 Å². The monoisotopic (exact) mass is 484 g/mol. The van der Waals surface area contributed by atoms with Crippen LogP contribution < -0.4 is 16.0 Å². The molecule has 184 valence electrons. The molecule has 2 aromatic rings. The molecule has 0 fully saturated rings. The van der Waals surface area contributed by atoms with Crippen molar-refractivity contribution in [3.63, 3.8) is 0 Å². The number of nitrogens with one attached hydrogen (secondary N) is 3. The van der Waals surface area contributed by atoms with Crippen LogP contribution in [0.1, 0.15) is 52.0 Å². The smallest absolute Gasteiger partial charge is 0.247 e. The van der Waals surface area contributed by atoms with Gasteiger partial charge in [0.2, 0.25) is 17.7 Å². The van der Waals surface area contributed by atoms with Gasteiger partial charge in [0.25, 0.3) is 0 Å². The lowest BCUT2D eigenvalue weighted by molar-refractivity contribution is -0.131. The summed E-state index contributed by atoms with van der Waals surface area (Å²) in [6.07, 6.45) is 6.42. The molecule has 7 nitrogen and oxygen atoms in total. The molecule has 0 aliphatic heterocycles. The zero-order valence-electron chi connectivity index (χ0n) is 20.2. The zero-order chi connectivity index (χ0) is 24.9. The average Bonchev–Trinajstić information content (AvgIpc) is 2.82. The number of hydrogen-bond donors (Lipinski definition) is 4. The highest BCUT2D eigenvalue weighted by Gasteiger charge is 2.29. The van der Waals surface area contributed by atoms with Crippen LogP contribution in [0.2, 0.25) is 0 Å². The lowest BCUT2D eigenvalue weighted by Crippen LogP contribution is -2.54. The van der Waals surface area contributed by atoms with Gasteiger partial charge in [-0.15, -0.1) is 0 Å². The van der Waals surface area contributed by atoms with Gasteiger partial charge in [0.1, 0.15) is 12.1 Å². The molecule has 3 amide bonds. The Bertz CT molecular complexity index is 909. The Balaban J connectivity index is 2.16. The number of rotatable bonds is 13. The second kappa shape index (κ2) is 14.4. The Labute approximate surface area is 207 Å². The number of amides is 3. The van der Waals surface area contributed by atoms with E-state index < -0.39 is 17.3 Å². The van der Waals surface area contributed by atoms with E-state index in [9.17, 15) is 14.4 Å². The van der Waals surface area contributed by atoms with Crippen molar-refractivity contribution in [1.29, 1.82) is 0 Å². The van der Waals surface area contributed by atoms with Crippen LogP contribution in [0.15, 0.2) is 54.9 Å². The number of thiol groups is 1. The molecule has 0 aliphatic carbocycles. The summed E-state index contributed by atoms with van der Waals surface area (Å²) in [6, 6.07) is 11.4. The lowest BCUT2D eigenvalue weighted by atomic mass is 10.0. The number of nitrogens with zero attached hydrogens (tertiary/aromatic N) is 1. The quantitative estimate of drug-likeness (QED) is 0.325. The zero-order valence-corrected chi connectivity index (χ0v) is 21.1. The van der Waals surface area contributed by atoms with Crippen LogP contribution in [-0.4, -0.2) is 40.0 Å². The fourth-order valence-corrected chi connectivity index (χ4v) is 3.75. The lowest BCUT2D eigenvalue weighted by Gasteiger charge is -2.25. The van der Waals surface area contributed by atoms with Gasteiger partial charge in [0.15, 0.2) is 0 Å². The first-order valence-electron chi connectivity index (χ1n) is 11.8. The minimum atomic E-state index is -0.825. The summed E-state index contributed by atoms with van der Waals surface area (Å²) in [4.78, 5) is 43.0. The molecule has 3 N–H and O–H groups in total. The SMILES string of the molecule is CCCCC(S)C(=O)N[C@@H](CC(C)C)C(=O)N[C@@H](Cc1ccccc1)C(=O)Nc1cccnc1. The molecule has 3 atom stereocenters. The van der Waals surface area contributed by atoms with Crippen molar-refractivity contribution in [2.45, 2.75) is 70.2 Å². The maximum Gasteiger partial charge on any atom is 0.247 e. The van der Waals surface area contributed by atoms with Gasteiger partial charge in [0, 0.05) is 12.6 Å². The summed E-state index contributed by atoms with van der Waals surface area (Å²) in [5, 5.41) is 8.05. The molecule has 0 aliphatic rings. The van der Waals surface area contributed by atoms with Crippen LogP contribution in [0, 0.1) is 5.92 Å². The maximum absolute atomic E-state index is 13.3. The van der Waals surface area contributed by atoms with E-state index in [0.29, 0.717) is 24.9 Å². The molecule has 0 saturated carbocycles. The third-order valence-corrected chi connectivity index (χ3v) is 5.81. The summed E-state index contributed by atoms with van der Waals surface area (Å²) in [5.41, 5.74) is 1.45. The van der Waals surface area contributed by atoms with E-state index in [1.807, 2.05) is 44.2 Å². The third-order valence-electron chi connectivity index (χ3n) is 5.32. The number of carbonyl (C=O) groups is 3. The number of unbranched alkanes of at least 4 members (excludes halogenated alkanes) is 1. The summed E-state index contributed by atoms with van der Waals surface area (Å²) in [5.74, 6) is -0.839. The van der Waals surface area contributed by atoms with Gasteiger partial charge < -0.3 is 16.0 Å². The standard InChI is InChI=1S/C26H36N4O3S/c1-4-5-13-23(34)26(33)30-21(15-18(2)3)25(32)29-22(16-19-10-7-6-8-11-19)24(31)28-20-12-9-14-27-17-20/h6-12,14,17-18,21-23,34H,4-5,13,15-16H2,1-3H3,(H,28,31)(H,29,32)(H,30,33)/t21-,22-,23?/m0/s1. The van der Waals surface area contributed by atoms with E-state index in [2.05, 4.69) is 40.5 Å². The van der Waals surface area contributed by atoms with Crippen LogP contribution in [0.25, 0.3) is 0 Å². The predicted molar refractivity (Wildman–Crippen MR) is 139 cm³/mol. The molecule has 0 bridgehead atoms. The van der Waals surface area contributed by atoms with Crippen LogP contribution in [0.4, 0.5) is 5.69 Å². The van der Waals surface area contributed by atoms with Gasteiger partial charge >= 0.3 is 0 Å². The molecule has 0 saturated heterocycles. The molecule has 2 rings (SSSR count). The molecular weight excluding hydrogens is 448 g/mol. The van der Waals surface area contributed by atoms with Crippen molar-refractivity contribution in [1.82, 2.24) is 15.6 Å². The highest BCUT2D eigenvalue weighted by atomic mass is 32.1. The van der Waals surface area contributed by atoms with Crippen molar-refractivity contribution in [3.05, 3.63) is 60.4 Å². The number of benzene rings is 1. The molecule has 8 heteroatoms. The highest BCUT2D eigenvalue weighted by Crippen LogP contribution is 2.12. The molecule has 1 unspecified atom stereocenters. The van der Waals surface area contributed by atoms with E-state index in [1.54, 1.807) is 24.5 Å². The van der Waals surface area contributed by atoms with Crippen LogP contribution >= 0.6 is 12.6 Å². The minimum Gasteiger partial charge on any atom is -0.343 e. The molecule has 1 aromatic heterocycles. The summed E-state index contributed by atoms with van der Waals surface area (Å²) in [7, 11) is 0. The van der Waals surface area contributed by atoms with E-state index in [0.717, 1.165) is 18.4 Å². The average molecular weight is 485 g/mol. The van der Waals surface area contributed by atoms with Crippen LogP contribution in [-0.2, 0) is 20.8 Å². The van der Waals surface area contributed by atoms with E-state index in [-0.39, 0.29) is 23.6 Å². The van der Waals surface area contributed by atoms with Crippen molar-refractivity contribution in [2.75, 3.05) is 5.32 Å². The van der Waals surface area contributed by atoms with Gasteiger partial charge in [-0.3, -0.25) is 19.4 Å². The maximum atomic E-state index is 13.3. The Kier molecular flexibility index (Phi) is 11.6. The van der Waals surface area contributed by atoms with E-state index >= 15 is 0 Å². The number of aromatic nitrogens is 1. The third kappa shape index (κ3) is 9.55. The minimum absolute atomic E-state index is 0.168. The topological polar surface area (TPSA) is 100 Å². The second-order valence-corrected chi connectivity index (χ2v) is 9.45. The molecule has 0 spiro atoms. The predicted octanol–water partition coefficient (Wildman–Crippen LogP) is 3.77. The van der Waals surface area contributed by atoms with Gasteiger partial charge in [-0.05, 0) is 36.5 Å². The van der Waals surface area contributed by atoms with E-state index in [4.69, 9.17) is 0 Å². The molecule has 1 aromatic carbocycles. The first-order chi connectivity index (χ1) is 16.3. The molecule has 34 heavy (non-hydrogen) atoms. The fourth-order valence-electron chi connectivity index (χ4n) is 3.50. The Morgan fingerprint density at radius 2 is 1.65 bits per heavy atom. The summed E-state index contributed by atoms with van der Waals surface area (Å²) in [6.45, 7) is 6.02. The van der Waals surface area contributed by atoms with Gasteiger partial charge in [-0.25, -0.2) is 0 Å². The van der Waals surface area contributed by atoms with Gasteiger partial charge in [-0.2, -0.15) is 12.6 Å². The highest BCUT2D eigenvalue weighted by molar-refractivity contribution is 7.81. The Hall–Kier alpha value is -2.87. The Morgan fingerprint density at radius 3 is 2.26 bits per heavy atom. The second-order valence-electron chi connectivity index (χ2n) is 8.83. The normalized spacial score (nSPS) is 13.6. The fraction of sp³-hybridized carbons (Fsp3) is 0.462. The molecule has 0 radical (unpaired) electrons. The Morgan fingerprint density at radius 1 is 0.941 bits per heavy atom. The largest absolute Gasteiger partial charge is 0.343 e.